The molecule has 0 fully saturated rings. The van der Waals surface area contributed by atoms with Gasteiger partial charge in [-0.2, -0.15) is 0 Å². The standard InChI is InChI=1S/C21H18F2O2/c1-14(24)21(9-4-5-15-11-17(22)13-18(23)12-15)10-8-16-6-2-3-7-19(16)20(21)25/h2-7,11-13H,8-10H2,1H3/b5-4+/t21-/m1/s1. The second-order valence-electron chi connectivity index (χ2n) is 6.43. The molecular formula is C21H18F2O2. The Morgan fingerprint density at radius 1 is 1.16 bits per heavy atom. The Labute approximate surface area is 145 Å². The number of Topliss-reactive ketones (excluding diaryl/α,β-unsaturated/α-hetero) is 2. The topological polar surface area (TPSA) is 34.1 Å². The van der Waals surface area contributed by atoms with E-state index in [-0.39, 0.29) is 18.0 Å². The number of benzene rings is 2. The highest BCUT2D eigenvalue weighted by atomic mass is 19.1. The molecular weight excluding hydrogens is 322 g/mol. The monoisotopic (exact) mass is 340 g/mol. The number of ketones is 2. The van der Waals surface area contributed by atoms with Gasteiger partial charge in [-0.05, 0) is 49.4 Å². The van der Waals surface area contributed by atoms with Crippen molar-refractivity contribution in [3.63, 3.8) is 0 Å². The summed E-state index contributed by atoms with van der Waals surface area (Å²) in [4.78, 5) is 25.3. The average molecular weight is 340 g/mol. The summed E-state index contributed by atoms with van der Waals surface area (Å²) in [5.41, 5.74) is 0.811. The van der Waals surface area contributed by atoms with Crippen LogP contribution < -0.4 is 0 Å². The largest absolute Gasteiger partial charge is 0.299 e. The molecule has 0 aromatic heterocycles. The van der Waals surface area contributed by atoms with E-state index in [0.717, 1.165) is 11.6 Å². The van der Waals surface area contributed by atoms with Crippen LogP contribution in [-0.2, 0) is 11.2 Å². The molecule has 0 radical (unpaired) electrons. The van der Waals surface area contributed by atoms with Crippen LogP contribution in [0.2, 0.25) is 0 Å². The minimum Gasteiger partial charge on any atom is -0.299 e. The first-order valence-electron chi connectivity index (χ1n) is 8.19. The molecule has 2 nitrogen and oxygen atoms in total. The van der Waals surface area contributed by atoms with Crippen LogP contribution in [0.15, 0.2) is 48.5 Å². The summed E-state index contributed by atoms with van der Waals surface area (Å²) in [5.74, 6) is -1.67. The van der Waals surface area contributed by atoms with Gasteiger partial charge in [0.15, 0.2) is 5.78 Å². The van der Waals surface area contributed by atoms with Gasteiger partial charge < -0.3 is 0 Å². The number of rotatable bonds is 4. The van der Waals surface area contributed by atoms with Crippen LogP contribution in [0.3, 0.4) is 0 Å². The van der Waals surface area contributed by atoms with Gasteiger partial charge in [-0.15, -0.1) is 0 Å². The van der Waals surface area contributed by atoms with Crippen molar-refractivity contribution >= 4 is 17.6 Å². The van der Waals surface area contributed by atoms with E-state index in [9.17, 15) is 18.4 Å². The van der Waals surface area contributed by atoms with Crippen LogP contribution in [0.25, 0.3) is 6.08 Å². The fourth-order valence-electron chi connectivity index (χ4n) is 3.42. The van der Waals surface area contributed by atoms with Gasteiger partial charge >= 0.3 is 0 Å². The number of halogens is 2. The van der Waals surface area contributed by atoms with E-state index in [0.29, 0.717) is 24.0 Å². The van der Waals surface area contributed by atoms with Gasteiger partial charge in [0, 0.05) is 11.6 Å². The second kappa shape index (κ2) is 6.71. The van der Waals surface area contributed by atoms with Crippen molar-refractivity contribution in [2.75, 3.05) is 0 Å². The van der Waals surface area contributed by atoms with Crippen LogP contribution in [0.4, 0.5) is 8.78 Å². The third-order valence-corrected chi connectivity index (χ3v) is 4.85. The maximum atomic E-state index is 13.3. The lowest BCUT2D eigenvalue weighted by Crippen LogP contribution is -2.41. The predicted octanol–water partition coefficient (Wildman–Crippen LogP) is 4.77. The first kappa shape index (κ1) is 17.2. The number of carbonyl (C=O) groups excluding carboxylic acids is 2. The van der Waals surface area contributed by atoms with Crippen molar-refractivity contribution in [3.05, 3.63) is 76.9 Å². The summed E-state index contributed by atoms with van der Waals surface area (Å²) in [6, 6.07) is 10.5. The Morgan fingerprint density at radius 2 is 1.84 bits per heavy atom. The van der Waals surface area contributed by atoms with Gasteiger partial charge in [0.1, 0.15) is 17.4 Å². The molecule has 0 saturated heterocycles. The molecule has 2 aromatic rings. The summed E-state index contributed by atoms with van der Waals surface area (Å²) in [5, 5.41) is 0. The lowest BCUT2D eigenvalue weighted by atomic mass is 9.66. The normalized spacial score (nSPS) is 19.9. The summed E-state index contributed by atoms with van der Waals surface area (Å²) in [6.07, 6.45) is 4.52. The molecule has 0 unspecified atom stereocenters. The van der Waals surface area contributed by atoms with Crippen molar-refractivity contribution in [2.24, 2.45) is 5.41 Å². The van der Waals surface area contributed by atoms with E-state index in [2.05, 4.69) is 0 Å². The highest BCUT2D eigenvalue weighted by Crippen LogP contribution is 2.39. The molecule has 0 amide bonds. The third kappa shape index (κ3) is 3.29. The zero-order chi connectivity index (χ0) is 18.0. The van der Waals surface area contributed by atoms with Gasteiger partial charge in [0.05, 0.1) is 5.41 Å². The first-order chi connectivity index (χ1) is 11.9. The van der Waals surface area contributed by atoms with Gasteiger partial charge in [0.2, 0.25) is 0 Å². The second-order valence-corrected chi connectivity index (χ2v) is 6.43. The molecule has 0 heterocycles. The van der Waals surface area contributed by atoms with Crippen LogP contribution in [0.1, 0.15) is 41.3 Å². The Morgan fingerprint density at radius 3 is 2.52 bits per heavy atom. The van der Waals surface area contributed by atoms with Crippen molar-refractivity contribution in [1.29, 1.82) is 0 Å². The molecule has 1 aliphatic carbocycles. The molecule has 3 rings (SSSR count). The zero-order valence-electron chi connectivity index (χ0n) is 13.9. The molecule has 4 heteroatoms. The van der Waals surface area contributed by atoms with Crippen LogP contribution in [0.5, 0.6) is 0 Å². The maximum absolute atomic E-state index is 13.3. The number of hydrogen-bond donors (Lipinski definition) is 0. The summed E-state index contributed by atoms with van der Waals surface area (Å²) >= 11 is 0. The Bertz CT molecular complexity index is 850. The molecule has 2 aromatic carbocycles. The predicted molar refractivity (Wildman–Crippen MR) is 92.2 cm³/mol. The molecule has 1 aliphatic rings. The zero-order valence-corrected chi connectivity index (χ0v) is 13.9. The van der Waals surface area contributed by atoms with E-state index in [4.69, 9.17) is 0 Å². The molecule has 128 valence electrons. The van der Waals surface area contributed by atoms with Crippen molar-refractivity contribution in [1.82, 2.24) is 0 Å². The molecule has 0 aliphatic heterocycles. The minimum atomic E-state index is -1.10. The lowest BCUT2D eigenvalue weighted by molar-refractivity contribution is -0.124. The Balaban J connectivity index is 1.89. The molecule has 0 bridgehead atoms. The number of hydrogen-bond acceptors (Lipinski definition) is 2. The number of allylic oxidation sites excluding steroid dienone is 1. The van der Waals surface area contributed by atoms with E-state index >= 15 is 0 Å². The maximum Gasteiger partial charge on any atom is 0.176 e. The van der Waals surface area contributed by atoms with E-state index in [1.54, 1.807) is 24.3 Å². The van der Waals surface area contributed by atoms with Crippen molar-refractivity contribution in [2.45, 2.75) is 26.2 Å². The fourth-order valence-corrected chi connectivity index (χ4v) is 3.42. The number of carbonyl (C=O) groups is 2. The summed E-state index contributed by atoms with van der Waals surface area (Å²) in [6.45, 7) is 1.43. The van der Waals surface area contributed by atoms with Gasteiger partial charge in [0.25, 0.3) is 0 Å². The number of fused-ring (bicyclic) bond motifs is 1. The van der Waals surface area contributed by atoms with Gasteiger partial charge in [-0.3, -0.25) is 9.59 Å². The molecule has 1 atom stereocenters. The fraction of sp³-hybridized carbons (Fsp3) is 0.238. The average Bonchev–Trinajstić information content (AvgIpc) is 2.56. The SMILES string of the molecule is CC(=O)[C@@]1(C/C=C/c2cc(F)cc(F)c2)CCc2ccccc2C1=O. The highest BCUT2D eigenvalue weighted by Gasteiger charge is 2.45. The Kier molecular flexibility index (Phi) is 4.62. The van der Waals surface area contributed by atoms with Gasteiger partial charge in [-0.1, -0.05) is 36.4 Å². The van der Waals surface area contributed by atoms with Crippen molar-refractivity contribution in [3.8, 4) is 0 Å². The third-order valence-electron chi connectivity index (χ3n) is 4.85. The lowest BCUT2D eigenvalue weighted by Gasteiger charge is -2.33. The van der Waals surface area contributed by atoms with Crippen LogP contribution in [0, 0.1) is 17.0 Å². The van der Waals surface area contributed by atoms with E-state index in [1.807, 2.05) is 12.1 Å². The Hall–Kier alpha value is -2.62. The first-order valence-corrected chi connectivity index (χ1v) is 8.19. The quantitative estimate of drug-likeness (QED) is 0.751. The summed E-state index contributed by atoms with van der Waals surface area (Å²) in [7, 11) is 0. The molecule has 0 spiro atoms. The van der Waals surface area contributed by atoms with E-state index in [1.165, 1.54) is 19.1 Å². The van der Waals surface area contributed by atoms with Gasteiger partial charge in [-0.25, -0.2) is 8.78 Å². The minimum absolute atomic E-state index is 0.170. The van der Waals surface area contributed by atoms with Crippen LogP contribution >= 0.6 is 0 Å². The smallest absolute Gasteiger partial charge is 0.176 e. The molecule has 25 heavy (non-hydrogen) atoms. The molecule has 0 N–H and O–H groups in total. The van der Waals surface area contributed by atoms with E-state index < -0.39 is 17.0 Å². The van der Waals surface area contributed by atoms with Crippen LogP contribution in [-0.4, -0.2) is 11.6 Å². The number of aryl methyl sites for hydroxylation is 1. The highest BCUT2D eigenvalue weighted by molar-refractivity contribution is 6.15. The summed E-state index contributed by atoms with van der Waals surface area (Å²) < 4.78 is 26.5. The molecule has 0 saturated carbocycles. The van der Waals surface area contributed by atoms with Crippen molar-refractivity contribution < 1.29 is 18.4 Å².